The first kappa shape index (κ1) is 16.9. The Morgan fingerprint density at radius 2 is 1.26 bits per heavy atom. The van der Waals surface area contributed by atoms with E-state index in [0.717, 1.165) is 32.8 Å². The van der Waals surface area contributed by atoms with Crippen molar-refractivity contribution in [3.05, 3.63) is 12.1 Å². The molecule has 1 aromatic rings. The molecule has 0 heterocycles. The summed E-state index contributed by atoms with van der Waals surface area (Å²) in [7, 11) is 2.94. The number of benzene rings is 1. The van der Waals surface area contributed by atoms with Gasteiger partial charge in [0.05, 0.1) is 21.3 Å². The van der Waals surface area contributed by atoms with Crippen LogP contribution in [0.1, 0.15) is 0 Å². The second-order valence-electron chi connectivity index (χ2n) is 4.16. The lowest BCUT2D eigenvalue weighted by Gasteiger charge is -2.30. The van der Waals surface area contributed by atoms with E-state index in [4.69, 9.17) is 14.2 Å². The van der Waals surface area contributed by atoms with Gasteiger partial charge >= 0.3 is 0 Å². The molecule has 7 heteroatoms. The number of hydrogen-bond donors (Lipinski definition) is 3. The monoisotopic (exact) mass is 336 g/mol. The molecule has 0 radical (unpaired) electrons. The van der Waals surface area contributed by atoms with Crippen LogP contribution < -0.4 is 19.4 Å². The molecule has 0 saturated heterocycles. The Hall–Kier alpha value is -0.113. The Bertz CT molecular complexity index is 391. The third kappa shape index (κ3) is 3.32. The summed E-state index contributed by atoms with van der Waals surface area (Å²) < 4.78 is 16.3. The third-order valence-corrected chi connectivity index (χ3v) is 12.0. The summed E-state index contributed by atoms with van der Waals surface area (Å²) in [4.78, 5) is 0. The summed E-state index contributed by atoms with van der Waals surface area (Å²) in [5.74, 6) is 2.23. The third-order valence-electron chi connectivity index (χ3n) is 3.15. The molecule has 0 aliphatic rings. The van der Waals surface area contributed by atoms with Gasteiger partial charge in [-0.25, -0.2) is 0 Å². The maximum Gasteiger partial charge on any atom is 0.126 e. The van der Waals surface area contributed by atoms with Crippen LogP contribution in [0.4, 0.5) is 0 Å². The molecule has 0 N–H and O–H groups in total. The normalized spacial score (nSPS) is 11.3. The quantitative estimate of drug-likeness (QED) is 0.523. The lowest BCUT2D eigenvalue weighted by atomic mass is 10.3. The Labute approximate surface area is 132 Å². The predicted octanol–water partition coefficient (Wildman–Crippen LogP) is 1.78. The molecule has 0 fully saturated rings. The topological polar surface area (TPSA) is 27.7 Å². The largest absolute Gasteiger partial charge is 0.497 e. The molecule has 1 rings (SSSR count). The van der Waals surface area contributed by atoms with E-state index in [2.05, 4.69) is 37.9 Å². The number of rotatable bonds is 7. The van der Waals surface area contributed by atoms with Crippen LogP contribution in [0.2, 0.25) is 0 Å². The fraction of sp³-hybridized carbons (Fsp3) is 0.500. The summed E-state index contributed by atoms with van der Waals surface area (Å²) >= 11 is 13.5. The van der Waals surface area contributed by atoms with Gasteiger partial charge in [-0.05, 0) is 16.1 Å². The highest BCUT2D eigenvalue weighted by molar-refractivity contribution is 7.88. The lowest BCUT2D eigenvalue weighted by Crippen LogP contribution is -2.56. The first-order chi connectivity index (χ1) is 9.12. The molecule has 0 aliphatic heterocycles. The van der Waals surface area contributed by atoms with E-state index >= 15 is 0 Å². The van der Waals surface area contributed by atoms with Crippen molar-refractivity contribution in [1.29, 1.82) is 0 Å². The van der Waals surface area contributed by atoms with Crippen molar-refractivity contribution in [1.82, 2.24) is 0 Å². The number of methoxy groups -OCH3 is 3. The number of ether oxygens (including phenoxy) is 3. The summed E-state index contributed by atoms with van der Waals surface area (Å²) in [6.07, 6.45) is 0. The predicted molar refractivity (Wildman–Crippen MR) is 93.0 cm³/mol. The van der Waals surface area contributed by atoms with Crippen LogP contribution in [-0.2, 0) is 0 Å². The Morgan fingerprint density at radius 3 is 1.53 bits per heavy atom. The summed E-state index contributed by atoms with van der Waals surface area (Å²) in [6.45, 7) is 0. The summed E-state index contributed by atoms with van der Waals surface area (Å²) in [5, 5.41) is 3.27. The highest BCUT2D eigenvalue weighted by Crippen LogP contribution is 2.30. The van der Waals surface area contributed by atoms with Crippen LogP contribution >= 0.6 is 37.9 Å². The van der Waals surface area contributed by atoms with Crippen molar-refractivity contribution in [2.45, 2.75) is 0 Å². The average molecular weight is 337 g/mol. The number of thiol groups is 3. The van der Waals surface area contributed by atoms with Crippen molar-refractivity contribution >= 4 is 51.1 Å². The molecule has 0 bridgehead atoms. The van der Waals surface area contributed by atoms with Crippen LogP contribution in [0.5, 0.6) is 17.2 Å². The summed E-state index contributed by atoms with van der Waals surface area (Å²) in [5.41, 5.74) is 0. The van der Waals surface area contributed by atoms with Crippen molar-refractivity contribution in [3.8, 4) is 17.2 Å². The minimum atomic E-state index is -1.97. The van der Waals surface area contributed by atoms with E-state index in [1.54, 1.807) is 21.3 Å². The molecular formula is C12H20O3S3Si. The maximum absolute atomic E-state index is 5.51. The SMILES string of the molecule is COc1cc(OC)c([Si](CS)(CS)CS)c(OC)c1. The molecule has 0 aliphatic carbocycles. The smallest absolute Gasteiger partial charge is 0.126 e. The van der Waals surface area contributed by atoms with E-state index in [1.807, 2.05) is 12.1 Å². The first-order valence-corrected chi connectivity index (χ1v) is 10.3. The second-order valence-corrected chi connectivity index (χ2v) is 11.0. The van der Waals surface area contributed by atoms with Gasteiger partial charge in [-0.15, -0.1) is 0 Å². The standard InChI is InChI=1S/C12H20O3S3Si/c1-13-9-4-10(14-2)12(11(5-9)15-3)19(6-16,7-17)8-18/h4-5,16-18H,6-8H2,1-3H3. The number of hydrogen-bond acceptors (Lipinski definition) is 6. The molecule has 0 aromatic heterocycles. The fourth-order valence-corrected chi connectivity index (χ4v) is 9.11. The Kier molecular flexibility index (Phi) is 6.79. The van der Waals surface area contributed by atoms with Crippen LogP contribution in [0, 0.1) is 0 Å². The lowest BCUT2D eigenvalue weighted by molar-refractivity contribution is 0.379. The van der Waals surface area contributed by atoms with Crippen LogP contribution in [0.3, 0.4) is 0 Å². The van der Waals surface area contributed by atoms with Crippen LogP contribution in [0.15, 0.2) is 12.1 Å². The molecule has 0 atom stereocenters. The van der Waals surface area contributed by atoms with E-state index < -0.39 is 8.07 Å². The molecule has 1 aromatic carbocycles. The highest BCUT2D eigenvalue weighted by atomic mass is 32.1. The van der Waals surface area contributed by atoms with Crippen molar-refractivity contribution in [2.24, 2.45) is 0 Å². The van der Waals surface area contributed by atoms with E-state index in [0.29, 0.717) is 5.75 Å². The molecule has 108 valence electrons. The van der Waals surface area contributed by atoms with Gasteiger partial charge in [0.2, 0.25) is 0 Å². The summed E-state index contributed by atoms with van der Waals surface area (Å²) in [6, 6.07) is 3.74. The minimum absolute atomic E-state index is 0.706. The van der Waals surface area contributed by atoms with Gasteiger partial charge in [-0.1, -0.05) is 0 Å². The average Bonchev–Trinajstić information content (AvgIpc) is 2.49. The molecule has 3 nitrogen and oxygen atoms in total. The molecule has 0 unspecified atom stereocenters. The first-order valence-electron chi connectivity index (χ1n) is 5.75. The van der Waals surface area contributed by atoms with Gasteiger partial charge < -0.3 is 14.2 Å². The molecule has 0 spiro atoms. The Balaban J connectivity index is 3.54. The molecule has 0 saturated carbocycles. The molecule has 19 heavy (non-hydrogen) atoms. The van der Waals surface area contributed by atoms with E-state index in [9.17, 15) is 0 Å². The van der Waals surface area contributed by atoms with Gasteiger partial charge in [-0.3, -0.25) is 0 Å². The van der Waals surface area contributed by atoms with Gasteiger partial charge in [-0.2, -0.15) is 37.9 Å². The Morgan fingerprint density at radius 1 is 0.842 bits per heavy atom. The highest BCUT2D eigenvalue weighted by Gasteiger charge is 2.37. The minimum Gasteiger partial charge on any atom is -0.497 e. The maximum atomic E-state index is 5.51. The van der Waals surface area contributed by atoms with Crippen molar-refractivity contribution < 1.29 is 14.2 Å². The van der Waals surface area contributed by atoms with E-state index in [1.165, 1.54) is 0 Å². The van der Waals surface area contributed by atoms with Crippen molar-refractivity contribution in [3.63, 3.8) is 0 Å². The van der Waals surface area contributed by atoms with Gasteiger partial charge in [0, 0.05) is 17.3 Å². The zero-order valence-corrected chi connectivity index (χ0v) is 15.0. The second kappa shape index (κ2) is 7.61. The fourth-order valence-electron chi connectivity index (χ4n) is 1.92. The van der Waals surface area contributed by atoms with Crippen LogP contribution in [0.25, 0.3) is 0 Å². The van der Waals surface area contributed by atoms with Gasteiger partial charge in [0.15, 0.2) is 0 Å². The zero-order valence-electron chi connectivity index (χ0n) is 11.3. The van der Waals surface area contributed by atoms with Gasteiger partial charge in [0.25, 0.3) is 0 Å². The molecule has 0 amide bonds. The van der Waals surface area contributed by atoms with Gasteiger partial charge in [0.1, 0.15) is 25.3 Å². The van der Waals surface area contributed by atoms with Crippen LogP contribution in [-0.4, -0.2) is 45.5 Å². The van der Waals surface area contributed by atoms with Crippen molar-refractivity contribution in [2.75, 3.05) is 37.5 Å². The zero-order chi connectivity index (χ0) is 14.5. The molecular weight excluding hydrogens is 316 g/mol. The van der Waals surface area contributed by atoms with E-state index in [-0.39, 0.29) is 0 Å².